The van der Waals surface area contributed by atoms with Gasteiger partial charge in [-0.15, -0.1) is 0 Å². The Labute approximate surface area is 106 Å². The molecule has 2 aromatic carbocycles. The molecule has 0 aromatic heterocycles. The highest BCUT2D eigenvalue weighted by Crippen LogP contribution is 2.25. The standard InChI is InChI=1S/C15H16O3/c1-2-3-8-18-15(17)13-9-11-6-4-5-7-12(11)10-14(13)16/h4-7,9-10,16H,2-3,8H2,1H3. The van der Waals surface area contributed by atoms with Gasteiger partial charge in [0.15, 0.2) is 0 Å². The maximum atomic E-state index is 11.8. The van der Waals surface area contributed by atoms with Gasteiger partial charge >= 0.3 is 5.97 Å². The number of aromatic hydroxyl groups is 1. The molecular formula is C15H16O3. The van der Waals surface area contributed by atoms with E-state index in [1.165, 1.54) is 0 Å². The first-order chi connectivity index (χ1) is 8.72. The van der Waals surface area contributed by atoms with E-state index >= 15 is 0 Å². The number of benzene rings is 2. The predicted molar refractivity (Wildman–Crippen MR) is 70.8 cm³/mol. The summed E-state index contributed by atoms with van der Waals surface area (Å²) < 4.78 is 5.10. The minimum atomic E-state index is -0.466. The number of esters is 1. The Balaban J connectivity index is 2.27. The molecule has 0 spiro atoms. The molecule has 0 saturated carbocycles. The third kappa shape index (κ3) is 2.62. The molecule has 0 aliphatic rings. The molecule has 0 unspecified atom stereocenters. The molecule has 3 nitrogen and oxygen atoms in total. The van der Waals surface area contributed by atoms with Crippen molar-refractivity contribution in [2.24, 2.45) is 0 Å². The van der Waals surface area contributed by atoms with Crippen molar-refractivity contribution in [1.82, 2.24) is 0 Å². The molecule has 3 heteroatoms. The molecule has 0 fully saturated rings. The van der Waals surface area contributed by atoms with Crippen LogP contribution in [-0.4, -0.2) is 17.7 Å². The summed E-state index contributed by atoms with van der Waals surface area (Å²) in [7, 11) is 0. The zero-order chi connectivity index (χ0) is 13.0. The van der Waals surface area contributed by atoms with E-state index in [1.54, 1.807) is 12.1 Å². The van der Waals surface area contributed by atoms with Crippen LogP contribution in [0.3, 0.4) is 0 Å². The second kappa shape index (κ2) is 5.54. The van der Waals surface area contributed by atoms with E-state index in [0.717, 1.165) is 23.6 Å². The van der Waals surface area contributed by atoms with Crippen LogP contribution < -0.4 is 0 Å². The van der Waals surface area contributed by atoms with Crippen molar-refractivity contribution in [1.29, 1.82) is 0 Å². The van der Waals surface area contributed by atoms with Crippen LogP contribution in [0.4, 0.5) is 0 Å². The topological polar surface area (TPSA) is 46.5 Å². The zero-order valence-corrected chi connectivity index (χ0v) is 10.3. The van der Waals surface area contributed by atoms with Crippen LogP contribution in [0, 0.1) is 0 Å². The SMILES string of the molecule is CCCCOC(=O)c1cc2ccccc2cc1O. The summed E-state index contributed by atoms with van der Waals surface area (Å²) in [6.45, 7) is 2.42. The van der Waals surface area contributed by atoms with E-state index in [9.17, 15) is 9.90 Å². The van der Waals surface area contributed by atoms with E-state index in [1.807, 2.05) is 31.2 Å². The van der Waals surface area contributed by atoms with Crippen LogP contribution in [-0.2, 0) is 4.74 Å². The molecular weight excluding hydrogens is 228 g/mol. The van der Waals surface area contributed by atoms with Gasteiger partial charge in [-0.2, -0.15) is 0 Å². The summed E-state index contributed by atoms with van der Waals surface area (Å²) >= 11 is 0. The number of ether oxygens (including phenoxy) is 1. The summed E-state index contributed by atoms with van der Waals surface area (Å²) in [5, 5.41) is 11.7. The Hall–Kier alpha value is -2.03. The lowest BCUT2D eigenvalue weighted by Crippen LogP contribution is -2.06. The van der Waals surface area contributed by atoms with E-state index < -0.39 is 5.97 Å². The van der Waals surface area contributed by atoms with Gasteiger partial charge in [0.1, 0.15) is 11.3 Å². The van der Waals surface area contributed by atoms with Crippen LogP contribution in [0.5, 0.6) is 5.75 Å². The summed E-state index contributed by atoms with van der Waals surface area (Å²) in [6.07, 6.45) is 1.80. The first-order valence-electron chi connectivity index (χ1n) is 6.11. The zero-order valence-electron chi connectivity index (χ0n) is 10.3. The number of phenols is 1. The second-order valence-electron chi connectivity index (χ2n) is 4.21. The summed E-state index contributed by atoms with van der Waals surface area (Å²) in [4.78, 5) is 11.8. The fourth-order valence-electron chi connectivity index (χ4n) is 1.78. The highest BCUT2D eigenvalue weighted by Gasteiger charge is 2.13. The smallest absolute Gasteiger partial charge is 0.341 e. The van der Waals surface area contributed by atoms with Crippen molar-refractivity contribution in [2.45, 2.75) is 19.8 Å². The molecule has 0 radical (unpaired) electrons. The van der Waals surface area contributed by atoms with Crippen LogP contribution in [0.15, 0.2) is 36.4 Å². The molecule has 0 saturated heterocycles. The fourth-order valence-corrected chi connectivity index (χ4v) is 1.78. The molecule has 0 aliphatic heterocycles. The van der Waals surface area contributed by atoms with Gasteiger partial charge in [-0.05, 0) is 29.3 Å². The number of hydrogen-bond acceptors (Lipinski definition) is 3. The van der Waals surface area contributed by atoms with Gasteiger partial charge in [0, 0.05) is 0 Å². The summed E-state index contributed by atoms with van der Waals surface area (Å²) in [5.41, 5.74) is 0.227. The Morgan fingerprint density at radius 2 is 1.89 bits per heavy atom. The van der Waals surface area contributed by atoms with Crippen molar-refractivity contribution in [3.05, 3.63) is 42.0 Å². The van der Waals surface area contributed by atoms with Crippen LogP contribution >= 0.6 is 0 Å². The Morgan fingerprint density at radius 1 is 1.22 bits per heavy atom. The first kappa shape index (κ1) is 12.4. The molecule has 94 valence electrons. The lowest BCUT2D eigenvalue weighted by molar-refractivity contribution is 0.0496. The Morgan fingerprint density at radius 3 is 2.56 bits per heavy atom. The fraction of sp³-hybridized carbons (Fsp3) is 0.267. The summed E-state index contributed by atoms with van der Waals surface area (Å²) in [6, 6.07) is 10.8. The highest BCUT2D eigenvalue weighted by atomic mass is 16.5. The Bertz CT molecular complexity index is 561. The van der Waals surface area contributed by atoms with Crippen molar-refractivity contribution in [3.8, 4) is 5.75 Å². The molecule has 2 aromatic rings. The molecule has 0 heterocycles. The number of fused-ring (bicyclic) bond motifs is 1. The van der Waals surface area contributed by atoms with Crippen molar-refractivity contribution in [3.63, 3.8) is 0 Å². The molecule has 1 N–H and O–H groups in total. The largest absolute Gasteiger partial charge is 0.507 e. The van der Waals surface area contributed by atoms with Crippen molar-refractivity contribution in [2.75, 3.05) is 6.61 Å². The van der Waals surface area contributed by atoms with Gasteiger partial charge in [0.2, 0.25) is 0 Å². The van der Waals surface area contributed by atoms with Gasteiger partial charge in [0.25, 0.3) is 0 Å². The quantitative estimate of drug-likeness (QED) is 0.661. The molecule has 0 aliphatic carbocycles. The highest BCUT2D eigenvalue weighted by molar-refractivity contribution is 5.98. The minimum Gasteiger partial charge on any atom is -0.507 e. The van der Waals surface area contributed by atoms with Crippen molar-refractivity contribution >= 4 is 16.7 Å². The van der Waals surface area contributed by atoms with Gasteiger partial charge in [-0.3, -0.25) is 0 Å². The van der Waals surface area contributed by atoms with E-state index in [2.05, 4.69) is 0 Å². The van der Waals surface area contributed by atoms with Crippen LogP contribution in [0.2, 0.25) is 0 Å². The maximum absolute atomic E-state index is 11.8. The monoisotopic (exact) mass is 244 g/mol. The van der Waals surface area contributed by atoms with E-state index in [-0.39, 0.29) is 11.3 Å². The normalized spacial score (nSPS) is 10.5. The average molecular weight is 244 g/mol. The average Bonchev–Trinajstić information content (AvgIpc) is 2.38. The lowest BCUT2D eigenvalue weighted by atomic mass is 10.1. The number of unbranched alkanes of at least 4 members (excludes halogenated alkanes) is 1. The molecule has 0 atom stereocenters. The minimum absolute atomic E-state index is 0.0322. The van der Waals surface area contributed by atoms with Crippen LogP contribution in [0.1, 0.15) is 30.1 Å². The third-order valence-corrected chi connectivity index (χ3v) is 2.81. The molecule has 2 rings (SSSR count). The number of rotatable bonds is 4. The van der Waals surface area contributed by atoms with E-state index in [4.69, 9.17) is 4.74 Å². The number of phenolic OH excluding ortho intramolecular Hbond substituents is 1. The van der Waals surface area contributed by atoms with Gasteiger partial charge in [0.05, 0.1) is 6.61 Å². The number of hydrogen-bond donors (Lipinski definition) is 1. The number of carbonyl (C=O) groups is 1. The molecule has 0 bridgehead atoms. The van der Waals surface area contributed by atoms with Crippen LogP contribution in [0.25, 0.3) is 10.8 Å². The first-order valence-corrected chi connectivity index (χ1v) is 6.11. The summed E-state index contributed by atoms with van der Waals surface area (Å²) in [5.74, 6) is -0.498. The van der Waals surface area contributed by atoms with Gasteiger partial charge < -0.3 is 9.84 Å². The van der Waals surface area contributed by atoms with E-state index in [0.29, 0.717) is 6.61 Å². The molecule has 0 amide bonds. The van der Waals surface area contributed by atoms with Crippen molar-refractivity contribution < 1.29 is 14.6 Å². The molecule has 18 heavy (non-hydrogen) atoms. The lowest BCUT2D eigenvalue weighted by Gasteiger charge is -2.07. The number of carbonyl (C=O) groups excluding carboxylic acids is 1. The second-order valence-corrected chi connectivity index (χ2v) is 4.21. The Kier molecular flexibility index (Phi) is 3.82. The third-order valence-electron chi connectivity index (χ3n) is 2.81. The maximum Gasteiger partial charge on any atom is 0.341 e. The van der Waals surface area contributed by atoms with Gasteiger partial charge in [-0.25, -0.2) is 4.79 Å². The van der Waals surface area contributed by atoms with Gasteiger partial charge in [-0.1, -0.05) is 37.6 Å². The predicted octanol–water partition coefficient (Wildman–Crippen LogP) is 3.50.